The van der Waals surface area contributed by atoms with Crippen molar-refractivity contribution < 1.29 is 9.59 Å². The highest BCUT2D eigenvalue weighted by Crippen LogP contribution is 2.38. The van der Waals surface area contributed by atoms with E-state index in [0.717, 1.165) is 38.4 Å². The summed E-state index contributed by atoms with van der Waals surface area (Å²) in [5.74, 6) is 1.70. The van der Waals surface area contributed by atoms with E-state index < -0.39 is 0 Å². The zero-order chi connectivity index (χ0) is 14.8. The molecule has 3 atom stereocenters. The number of likely N-dealkylation sites (tertiary alicyclic amines) is 1. The summed E-state index contributed by atoms with van der Waals surface area (Å²) in [5, 5.41) is 6.49. The fourth-order valence-electron chi connectivity index (χ4n) is 4.23. The number of rotatable bonds is 3. The summed E-state index contributed by atoms with van der Waals surface area (Å²) in [4.78, 5) is 26.1. The third-order valence-corrected chi connectivity index (χ3v) is 5.50. The van der Waals surface area contributed by atoms with Gasteiger partial charge in [0.15, 0.2) is 0 Å². The first-order valence-corrected chi connectivity index (χ1v) is 8.50. The Morgan fingerprint density at radius 2 is 1.95 bits per heavy atom. The van der Waals surface area contributed by atoms with Crippen molar-refractivity contribution in [2.45, 2.75) is 57.5 Å². The lowest BCUT2D eigenvalue weighted by Gasteiger charge is -2.34. The molecule has 0 aromatic heterocycles. The Labute approximate surface area is 126 Å². The van der Waals surface area contributed by atoms with Crippen molar-refractivity contribution in [2.75, 3.05) is 19.6 Å². The lowest BCUT2D eigenvalue weighted by atomic mass is 9.92. The van der Waals surface area contributed by atoms with E-state index in [9.17, 15) is 9.59 Å². The minimum atomic E-state index is 0.0549. The Hall–Kier alpha value is -1.10. The first kappa shape index (κ1) is 14.8. The van der Waals surface area contributed by atoms with E-state index in [1.165, 1.54) is 19.3 Å². The lowest BCUT2D eigenvalue weighted by Crippen LogP contribution is -2.52. The molecule has 2 saturated heterocycles. The second-order valence-electron chi connectivity index (χ2n) is 6.76. The highest BCUT2D eigenvalue weighted by molar-refractivity contribution is 5.83. The smallest absolute Gasteiger partial charge is 0.240 e. The van der Waals surface area contributed by atoms with Crippen LogP contribution in [-0.4, -0.2) is 48.4 Å². The zero-order valence-electron chi connectivity index (χ0n) is 12.9. The van der Waals surface area contributed by atoms with Gasteiger partial charge in [0.2, 0.25) is 11.8 Å². The predicted molar refractivity (Wildman–Crippen MR) is 80.7 cm³/mol. The maximum absolute atomic E-state index is 12.7. The SMILES string of the molecule is CCC(=O)NC1CCN(C(=O)C2NCC3CCCC32)CC1. The number of nitrogens with zero attached hydrogens (tertiary/aromatic N) is 1. The predicted octanol–water partition coefficient (Wildman–Crippen LogP) is 0.892. The standard InChI is InChI=1S/C16H27N3O2/c1-2-14(20)18-12-6-8-19(9-7-12)16(21)15-13-5-3-4-11(13)10-17-15/h11-13,15,17H,2-10H2,1H3,(H,18,20). The Kier molecular flexibility index (Phi) is 4.48. The van der Waals surface area contributed by atoms with Crippen LogP contribution in [-0.2, 0) is 9.59 Å². The van der Waals surface area contributed by atoms with E-state index in [2.05, 4.69) is 10.6 Å². The molecule has 21 heavy (non-hydrogen) atoms. The number of nitrogens with one attached hydrogen (secondary N) is 2. The average molecular weight is 293 g/mol. The van der Waals surface area contributed by atoms with Crippen LogP contribution < -0.4 is 10.6 Å². The van der Waals surface area contributed by atoms with Gasteiger partial charge >= 0.3 is 0 Å². The first-order chi connectivity index (χ1) is 10.2. The van der Waals surface area contributed by atoms with Crippen LogP contribution >= 0.6 is 0 Å². The summed E-state index contributed by atoms with van der Waals surface area (Å²) in [6, 6.07) is 0.302. The molecule has 118 valence electrons. The van der Waals surface area contributed by atoms with Crippen LogP contribution in [0.5, 0.6) is 0 Å². The first-order valence-electron chi connectivity index (χ1n) is 8.50. The van der Waals surface area contributed by atoms with Gasteiger partial charge in [0, 0.05) is 25.6 Å². The molecule has 5 heteroatoms. The molecule has 2 N–H and O–H groups in total. The Morgan fingerprint density at radius 3 is 2.67 bits per heavy atom. The Morgan fingerprint density at radius 1 is 1.19 bits per heavy atom. The lowest BCUT2D eigenvalue weighted by molar-refractivity contribution is -0.135. The molecule has 1 aliphatic carbocycles. The van der Waals surface area contributed by atoms with E-state index >= 15 is 0 Å². The summed E-state index contributed by atoms with van der Waals surface area (Å²) in [6.07, 6.45) is 6.08. The van der Waals surface area contributed by atoms with Gasteiger partial charge in [-0.05, 0) is 44.1 Å². The molecule has 0 bridgehead atoms. The van der Waals surface area contributed by atoms with Crippen molar-refractivity contribution in [3.63, 3.8) is 0 Å². The van der Waals surface area contributed by atoms with Gasteiger partial charge in [-0.15, -0.1) is 0 Å². The van der Waals surface area contributed by atoms with Gasteiger partial charge in [0.05, 0.1) is 6.04 Å². The van der Waals surface area contributed by atoms with E-state index in [0.29, 0.717) is 18.2 Å². The highest BCUT2D eigenvalue weighted by Gasteiger charge is 2.44. The van der Waals surface area contributed by atoms with E-state index in [1.807, 2.05) is 11.8 Å². The molecule has 3 aliphatic rings. The second-order valence-corrected chi connectivity index (χ2v) is 6.76. The minimum absolute atomic E-state index is 0.0549. The molecule has 0 aromatic rings. The van der Waals surface area contributed by atoms with Crippen LogP contribution in [0.25, 0.3) is 0 Å². The molecule has 2 aliphatic heterocycles. The highest BCUT2D eigenvalue weighted by atomic mass is 16.2. The molecule has 3 rings (SSSR count). The number of hydrogen-bond acceptors (Lipinski definition) is 3. The fraction of sp³-hybridized carbons (Fsp3) is 0.875. The number of amides is 2. The number of carbonyl (C=O) groups excluding carboxylic acids is 2. The van der Waals surface area contributed by atoms with Gasteiger partial charge in [-0.25, -0.2) is 0 Å². The summed E-state index contributed by atoms with van der Waals surface area (Å²) in [7, 11) is 0. The molecule has 0 aromatic carbocycles. The Bertz CT molecular complexity index is 404. The molecule has 3 unspecified atom stereocenters. The number of piperidine rings is 1. The monoisotopic (exact) mass is 293 g/mol. The van der Waals surface area contributed by atoms with Crippen molar-refractivity contribution in [3.05, 3.63) is 0 Å². The van der Waals surface area contributed by atoms with Gasteiger partial charge in [-0.3, -0.25) is 9.59 Å². The van der Waals surface area contributed by atoms with E-state index in [4.69, 9.17) is 0 Å². The van der Waals surface area contributed by atoms with Gasteiger partial charge in [0.1, 0.15) is 0 Å². The van der Waals surface area contributed by atoms with Crippen LogP contribution in [0.15, 0.2) is 0 Å². The van der Waals surface area contributed by atoms with E-state index in [-0.39, 0.29) is 18.0 Å². The number of carbonyl (C=O) groups is 2. The van der Waals surface area contributed by atoms with Gasteiger partial charge in [-0.1, -0.05) is 13.3 Å². The van der Waals surface area contributed by atoms with Crippen molar-refractivity contribution >= 4 is 11.8 Å². The third-order valence-electron chi connectivity index (χ3n) is 5.50. The zero-order valence-corrected chi connectivity index (χ0v) is 12.9. The minimum Gasteiger partial charge on any atom is -0.353 e. The quantitative estimate of drug-likeness (QED) is 0.812. The summed E-state index contributed by atoms with van der Waals surface area (Å²) in [6.45, 7) is 4.45. The summed E-state index contributed by atoms with van der Waals surface area (Å²) >= 11 is 0. The summed E-state index contributed by atoms with van der Waals surface area (Å²) < 4.78 is 0. The molecular weight excluding hydrogens is 266 g/mol. The topological polar surface area (TPSA) is 61.4 Å². The third kappa shape index (κ3) is 3.07. The van der Waals surface area contributed by atoms with Gasteiger partial charge in [-0.2, -0.15) is 0 Å². The van der Waals surface area contributed by atoms with E-state index in [1.54, 1.807) is 0 Å². The molecule has 0 radical (unpaired) electrons. The van der Waals surface area contributed by atoms with Crippen molar-refractivity contribution in [2.24, 2.45) is 11.8 Å². The average Bonchev–Trinajstić information content (AvgIpc) is 3.10. The van der Waals surface area contributed by atoms with Crippen LogP contribution in [0.2, 0.25) is 0 Å². The molecule has 2 amide bonds. The number of fused-ring (bicyclic) bond motifs is 1. The van der Waals surface area contributed by atoms with Gasteiger partial charge < -0.3 is 15.5 Å². The van der Waals surface area contributed by atoms with Crippen molar-refractivity contribution in [3.8, 4) is 0 Å². The Balaban J connectivity index is 1.50. The molecule has 0 spiro atoms. The molecule has 1 saturated carbocycles. The normalized spacial score (nSPS) is 33.0. The maximum Gasteiger partial charge on any atom is 0.240 e. The fourth-order valence-corrected chi connectivity index (χ4v) is 4.23. The van der Waals surface area contributed by atoms with Crippen LogP contribution in [0.3, 0.4) is 0 Å². The largest absolute Gasteiger partial charge is 0.353 e. The van der Waals surface area contributed by atoms with Crippen molar-refractivity contribution in [1.82, 2.24) is 15.5 Å². The molecule has 2 heterocycles. The molecule has 5 nitrogen and oxygen atoms in total. The maximum atomic E-state index is 12.7. The summed E-state index contributed by atoms with van der Waals surface area (Å²) in [5.41, 5.74) is 0. The van der Waals surface area contributed by atoms with Crippen molar-refractivity contribution in [1.29, 1.82) is 0 Å². The number of hydrogen-bond donors (Lipinski definition) is 2. The van der Waals surface area contributed by atoms with Crippen LogP contribution in [0, 0.1) is 11.8 Å². The van der Waals surface area contributed by atoms with Gasteiger partial charge in [0.25, 0.3) is 0 Å². The molecule has 3 fully saturated rings. The van der Waals surface area contributed by atoms with Crippen LogP contribution in [0.4, 0.5) is 0 Å². The molecular formula is C16H27N3O2. The second kappa shape index (κ2) is 6.34. The van der Waals surface area contributed by atoms with Crippen LogP contribution in [0.1, 0.15) is 45.4 Å².